The van der Waals surface area contributed by atoms with E-state index in [4.69, 9.17) is 14.2 Å². The van der Waals surface area contributed by atoms with E-state index in [1.165, 1.54) is 19.2 Å². The Balaban J connectivity index is 1.92. The van der Waals surface area contributed by atoms with Crippen LogP contribution >= 0.6 is 0 Å². The van der Waals surface area contributed by atoms with Crippen molar-refractivity contribution in [3.05, 3.63) is 23.8 Å². The first-order valence-electron chi connectivity index (χ1n) is 7.34. The van der Waals surface area contributed by atoms with Crippen LogP contribution in [0.2, 0.25) is 0 Å². The largest absolute Gasteiger partial charge is 0.493 e. The lowest BCUT2D eigenvalue weighted by molar-refractivity contribution is -0.153. The van der Waals surface area contributed by atoms with Crippen LogP contribution in [0, 0.1) is 0 Å². The highest BCUT2D eigenvalue weighted by Gasteiger charge is 2.29. The molecule has 1 saturated heterocycles. The van der Waals surface area contributed by atoms with E-state index in [2.05, 4.69) is 10.6 Å². The highest BCUT2D eigenvalue weighted by Crippen LogP contribution is 2.29. The summed E-state index contributed by atoms with van der Waals surface area (Å²) in [7, 11) is 1.33. The van der Waals surface area contributed by atoms with E-state index in [1.54, 1.807) is 6.07 Å². The van der Waals surface area contributed by atoms with Crippen molar-refractivity contribution in [3.8, 4) is 11.5 Å². The fourth-order valence-corrected chi connectivity index (χ4v) is 2.15. The average molecular weight is 348 g/mol. The summed E-state index contributed by atoms with van der Waals surface area (Å²) in [5, 5.41) is 5.77. The number of benzene rings is 1. The number of carbonyl (C=O) groups excluding carboxylic acids is 1. The predicted molar refractivity (Wildman–Crippen MR) is 79.0 cm³/mol. The summed E-state index contributed by atoms with van der Waals surface area (Å²) in [5.41, 5.74) is 0.677. The smallest absolute Gasteiger partial charge is 0.422 e. The van der Waals surface area contributed by atoms with Crippen molar-refractivity contribution >= 4 is 5.91 Å². The maximum absolute atomic E-state index is 12.2. The SMILES string of the molecule is COc1cc(CNC(=O)C2COCCN2)ccc1OCC(F)(F)F. The molecule has 1 amide bonds. The van der Waals surface area contributed by atoms with Gasteiger partial charge in [-0.25, -0.2) is 0 Å². The van der Waals surface area contributed by atoms with Gasteiger partial charge in [0.25, 0.3) is 0 Å². The number of carbonyl (C=O) groups is 1. The summed E-state index contributed by atoms with van der Waals surface area (Å²) >= 11 is 0. The van der Waals surface area contributed by atoms with Crippen molar-refractivity contribution in [3.63, 3.8) is 0 Å². The summed E-state index contributed by atoms with van der Waals surface area (Å²) < 4.78 is 51.6. The monoisotopic (exact) mass is 348 g/mol. The van der Waals surface area contributed by atoms with Crippen LogP contribution in [0.25, 0.3) is 0 Å². The lowest BCUT2D eigenvalue weighted by Gasteiger charge is -2.23. The van der Waals surface area contributed by atoms with Crippen LogP contribution in [-0.2, 0) is 16.1 Å². The Morgan fingerprint density at radius 2 is 2.21 bits per heavy atom. The van der Waals surface area contributed by atoms with Crippen molar-refractivity contribution < 1.29 is 32.2 Å². The normalized spacial score (nSPS) is 18.1. The van der Waals surface area contributed by atoms with Gasteiger partial charge in [-0.2, -0.15) is 13.2 Å². The molecule has 6 nitrogen and oxygen atoms in total. The molecule has 9 heteroatoms. The fourth-order valence-electron chi connectivity index (χ4n) is 2.15. The number of rotatable bonds is 6. The van der Waals surface area contributed by atoms with Crippen molar-refractivity contribution in [2.75, 3.05) is 33.5 Å². The number of hydrogen-bond donors (Lipinski definition) is 2. The molecule has 1 atom stereocenters. The Labute approximate surface area is 137 Å². The molecule has 1 unspecified atom stereocenters. The highest BCUT2D eigenvalue weighted by atomic mass is 19.4. The third-order valence-corrected chi connectivity index (χ3v) is 3.32. The Kier molecular flexibility index (Phi) is 6.27. The van der Waals surface area contributed by atoms with Gasteiger partial charge in [0, 0.05) is 13.1 Å². The van der Waals surface area contributed by atoms with Gasteiger partial charge >= 0.3 is 6.18 Å². The number of nitrogens with one attached hydrogen (secondary N) is 2. The van der Waals surface area contributed by atoms with Gasteiger partial charge in [0.15, 0.2) is 18.1 Å². The topological polar surface area (TPSA) is 68.8 Å². The lowest BCUT2D eigenvalue weighted by Crippen LogP contribution is -2.51. The molecule has 0 aromatic heterocycles. The van der Waals surface area contributed by atoms with E-state index < -0.39 is 18.8 Å². The van der Waals surface area contributed by atoms with Gasteiger partial charge in [0.2, 0.25) is 5.91 Å². The van der Waals surface area contributed by atoms with Gasteiger partial charge in [-0.15, -0.1) is 0 Å². The van der Waals surface area contributed by atoms with Crippen molar-refractivity contribution in [2.24, 2.45) is 0 Å². The quantitative estimate of drug-likeness (QED) is 0.810. The molecule has 24 heavy (non-hydrogen) atoms. The van der Waals surface area contributed by atoms with E-state index in [9.17, 15) is 18.0 Å². The first kappa shape index (κ1) is 18.3. The molecular formula is C15H19F3N2O4. The molecule has 1 heterocycles. The molecule has 2 rings (SSSR count). The predicted octanol–water partition coefficient (Wildman–Crippen LogP) is 1.24. The van der Waals surface area contributed by atoms with Crippen LogP contribution in [0.3, 0.4) is 0 Å². The summed E-state index contributed by atoms with van der Waals surface area (Å²) in [4.78, 5) is 12.0. The highest BCUT2D eigenvalue weighted by molar-refractivity contribution is 5.82. The summed E-state index contributed by atoms with van der Waals surface area (Å²) in [6, 6.07) is 4.07. The van der Waals surface area contributed by atoms with Crippen molar-refractivity contribution in [1.29, 1.82) is 0 Å². The number of morpholine rings is 1. The Bertz CT molecular complexity index is 560. The van der Waals surface area contributed by atoms with Crippen LogP contribution in [0.4, 0.5) is 13.2 Å². The molecule has 0 saturated carbocycles. The van der Waals surface area contributed by atoms with Crippen molar-refractivity contribution in [1.82, 2.24) is 10.6 Å². The minimum Gasteiger partial charge on any atom is -0.493 e. The zero-order valence-corrected chi connectivity index (χ0v) is 13.1. The Morgan fingerprint density at radius 3 is 2.83 bits per heavy atom. The molecule has 2 N–H and O–H groups in total. The van der Waals surface area contributed by atoms with E-state index in [-0.39, 0.29) is 24.0 Å². The minimum absolute atomic E-state index is 0.00718. The number of ether oxygens (including phenoxy) is 3. The zero-order valence-electron chi connectivity index (χ0n) is 13.1. The standard InChI is InChI=1S/C15H19F3N2O4/c1-22-13-6-10(2-3-12(13)24-9-15(16,17)18)7-20-14(21)11-8-23-5-4-19-11/h2-3,6,11,19H,4-5,7-9H2,1H3,(H,20,21). The zero-order chi connectivity index (χ0) is 17.6. The van der Waals surface area contributed by atoms with Gasteiger partial charge in [-0.05, 0) is 17.7 Å². The van der Waals surface area contributed by atoms with Crippen LogP contribution in [0.15, 0.2) is 18.2 Å². The minimum atomic E-state index is -4.42. The van der Waals surface area contributed by atoms with E-state index in [1.807, 2.05) is 0 Å². The summed E-state index contributed by atoms with van der Waals surface area (Å²) in [6.45, 7) is 0.302. The molecule has 1 aromatic rings. The maximum atomic E-state index is 12.2. The summed E-state index contributed by atoms with van der Waals surface area (Å²) in [5.74, 6) is -0.0385. The second-order valence-electron chi connectivity index (χ2n) is 5.19. The second-order valence-corrected chi connectivity index (χ2v) is 5.19. The average Bonchev–Trinajstić information content (AvgIpc) is 2.58. The Morgan fingerprint density at radius 1 is 1.42 bits per heavy atom. The van der Waals surface area contributed by atoms with Gasteiger partial charge in [-0.1, -0.05) is 6.07 Å². The number of methoxy groups -OCH3 is 1. The number of amides is 1. The van der Waals surface area contributed by atoms with Gasteiger partial charge in [-0.3, -0.25) is 4.79 Å². The van der Waals surface area contributed by atoms with Crippen LogP contribution in [0.5, 0.6) is 11.5 Å². The lowest BCUT2D eigenvalue weighted by atomic mass is 10.2. The fraction of sp³-hybridized carbons (Fsp3) is 0.533. The van der Waals surface area contributed by atoms with Gasteiger partial charge in [0.1, 0.15) is 6.04 Å². The molecule has 1 aliphatic heterocycles. The van der Waals surface area contributed by atoms with Crippen LogP contribution < -0.4 is 20.1 Å². The Hall–Kier alpha value is -2.00. The number of alkyl halides is 3. The first-order chi connectivity index (χ1) is 11.4. The van der Waals surface area contributed by atoms with Crippen LogP contribution in [0.1, 0.15) is 5.56 Å². The molecule has 1 fully saturated rings. The molecule has 0 spiro atoms. The van der Waals surface area contributed by atoms with E-state index >= 15 is 0 Å². The first-order valence-corrected chi connectivity index (χ1v) is 7.34. The molecule has 1 aromatic carbocycles. The van der Waals surface area contributed by atoms with Gasteiger partial charge in [0.05, 0.1) is 20.3 Å². The molecule has 134 valence electrons. The molecular weight excluding hydrogens is 329 g/mol. The van der Waals surface area contributed by atoms with Gasteiger partial charge < -0.3 is 24.8 Å². The number of hydrogen-bond acceptors (Lipinski definition) is 5. The molecule has 0 radical (unpaired) electrons. The van der Waals surface area contributed by atoms with E-state index in [0.29, 0.717) is 25.3 Å². The molecule has 0 bridgehead atoms. The molecule has 1 aliphatic rings. The second kappa shape index (κ2) is 8.20. The summed E-state index contributed by atoms with van der Waals surface area (Å²) in [6.07, 6.45) is -4.42. The van der Waals surface area contributed by atoms with E-state index in [0.717, 1.165) is 0 Å². The maximum Gasteiger partial charge on any atom is 0.422 e. The molecule has 0 aliphatic carbocycles. The number of halogens is 3. The van der Waals surface area contributed by atoms with Crippen LogP contribution in [-0.4, -0.2) is 51.6 Å². The third kappa shape index (κ3) is 5.57. The van der Waals surface area contributed by atoms with Crippen molar-refractivity contribution in [2.45, 2.75) is 18.8 Å². The third-order valence-electron chi connectivity index (χ3n) is 3.32.